The smallest absolute Gasteiger partial charge is 0.273 e. The van der Waals surface area contributed by atoms with E-state index in [9.17, 15) is 9.59 Å². The molecule has 6 nitrogen and oxygen atoms in total. The summed E-state index contributed by atoms with van der Waals surface area (Å²) in [6.45, 7) is 7.41. The Hall–Kier alpha value is -2.11. The van der Waals surface area contributed by atoms with E-state index in [-0.39, 0.29) is 11.8 Å². The summed E-state index contributed by atoms with van der Waals surface area (Å²) in [7, 11) is 1.76. The summed E-state index contributed by atoms with van der Waals surface area (Å²) >= 11 is 0. The minimum atomic E-state index is -0.841. The van der Waals surface area contributed by atoms with Crippen LogP contribution < -0.4 is 5.32 Å². The molecular formula is C15H22N4O2. The van der Waals surface area contributed by atoms with Crippen LogP contribution in [-0.2, 0) is 4.79 Å². The van der Waals surface area contributed by atoms with Crippen molar-refractivity contribution in [3.05, 3.63) is 24.0 Å². The van der Waals surface area contributed by atoms with Gasteiger partial charge in [0.25, 0.3) is 5.91 Å². The van der Waals surface area contributed by atoms with Gasteiger partial charge < -0.3 is 15.1 Å². The van der Waals surface area contributed by atoms with Gasteiger partial charge in [0, 0.05) is 26.7 Å². The van der Waals surface area contributed by atoms with Gasteiger partial charge in [-0.1, -0.05) is 0 Å². The highest BCUT2D eigenvalue weighted by Crippen LogP contribution is 2.23. The van der Waals surface area contributed by atoms with E-state index in [1.165, 1.54) is 0 Å². The number of likely N-dealkylation sites (N-methyl/N-ethyl adjacent to an activating group) is 1. The third-order valence-corrected chi connectivity index (χ3v) is 3.81. The molecular weight excluding hydrogens is 268 g/mol. The Balaban J connectivity index is 2.21. The molecule has 0 bridgehead atoms. The van der Waals surface area contributed by atoms with Crippen LogP contribution in [0.2, 0.25) is 0 Å². The van der Waals surface area contributed by atoms with Crippen molar-refractivity contribution in [1.29, 1.82) is 0 Å². The molecule has 1 aromatic rings. The van der Waals surface area contributed by atoms with Gasteiger partial charge in [0.15, 0.2) is 0 Å². The van der Waals surface area contributed by atoms with Crippen molar-refractivity contribution >= 4 is 17.5 Å². The Kier molecular flexibility index (Phi) is 4.16. The van der Waals surface area contributed by atoms with E-state index in [1.807, 2.05) is 13.0 Å². The topological polar surface area (TPSA) is 65.5 Å². The SMILES string of the molecule is CCNc1ccc(C(=O)N2CCN(C)C(=O)C2(C)C)nc1. The lowest BCUT2D eigenvalue weighted by atomic mass is 9.97. The molecule has 2 amide bonds. The number of carbonyl (C=O) groups excluding carboxylic acids is 2. The van der Waals surface area contributed by atoms with Crippen LogP contribution in [0.5, 0.6) is 0 Å². The first-order valence-electron chi connectivity index (χ1n) is 7.15. The lowest BCUT2D eigenvalue weighted by molar-refractivity contribution is -0.144. The second-order valence-electron chi connectivity index (χ2n) is 5.70. The fourth-order valence-corrected chi connectivity index (χ4v) is 2.54. The highest BCUT2D eigenvalue weighted by Gasteiger charge is 2.43. The Morgan fingerprint density at radius 1 is 1.38 bits per heavy atom. The molecule has 6 heteroatoms. The molecule has 0 atom stereocenters. The van der Waals surface area contributed by atoms with Crippen LogP contribution in [0.1, 0.15) is 31.3 Å². The predicted octanol–water partition coefficient (Wildman–Crippen LogP) is 1.21. The van der Waals surface area contributed by atoms with Crippen molar-refractivity contribution in [3.8, 4) is 0 Å². The lowest BCUT2D eigenvalue weighted by Gasteiger charge is -2.44. The van der Waals surface area contributed by atoms with Crippen LogP contribution in [-0.4, -0.2) is 58.8 Å². The Morgan fingerprint density at radius 2 is 2.10 bits per heavy atom. The molecule has 1 aliphatic rings. The second kappa shape index (κ2) is 5.71. The second-order valence-corrected chi connectivity index (χ2v) is 5.70. The van der Waals surface area contributed by atoms with E-state index in [0.717, 1.165) is 12.2 Å². The molecule has 2 rings (SSSR count). The lowest BCUT2D eigenvalue weighted by Crippen LogP contribution is -2.63. The number of rotatable bonds is 3. The fraction of sp³-hybridized carbons (Fsp3) is 0.533. The van der Waals surface area contributed by atoms with Gasteiger partial charge in [0.05, 0.1) is 11.9 Å². The minimum absolute atomic E-state index is 0.0497. The quantitative estimate of drug-likeness (QED) is 0.908. The van der Waals surface area contributed by atoms with Crippen LogP contribution in [0.25, 0.3) is 0 Å². The fourth-order valence-electron chi connectivity index (χ4n) is 2.54. The zero-order valence-electron chi connectivity index (χ0n) is 13.0. The normalized spacial score (nSPS) is 17.8. The molecule has 0 unspecified atom stereocenters. The molecule has 1 fully saturated rings. The maximum Gasteiger partial charge on any atom is 0.273 e. The molecule has 0 saturated carbocycles. The molecule has 2 heterocycles. The van der Waals surface area contributed by atoms with Crippen molar-refractivity contribution in [1.82, 2.24) is 14.8 Å². The highest BCUT2D eigenvalue weighted by molar-refractivity contribution is 5.98. The number of amides is 2. The van der Waals surface area contributed by atoms with Gasteiger partial charge in [-0.25, -0.2) is 4.98 Å². The standard InChI is InChI=1S/C15H22N4O2/c1-5-16-11-6-7-12(17-10-11)13(20)19-9-8-18(4)14(21)15(19,2)3/h6-7,10,16H,5,8-9H2,1-4H3. The van der Waals surface area contributed by atoms with Crippen molar-refractivity contribution < 1.29 is 9.59 Å². The van der Waals surface area contributed by atoms with Gasteiger partial charge in [-0.15, -0.1) is 0 Å². The van der Waals surface area contributed by atoms with Crippen LogP contribution in [0.3, 0.4) is 0 Å². The third kappa shape index (κ3) is 2.84. The maximum atomic E-state index is 12.6. The molecule has 1 saturated heterocycles. The van der Waals surface area contributed by atoms with Crippen LogP contribution >= 0.6 is 0 Å². The summed E-state index contributed by atoms with van der Waals surface area (Å²) < 4.78 is 0. The summed E-state index contributed by atoms with van der Waals surface area (Å²) in [5, 5.41) is 3.13. The molecule has 1 aliphatic heterocycles. The highest BCUT2D eigenvalue weighted by atomic mass is 16.2. The van der Waals surface area contributed by atoms with Crippen LogP contribution in [0.15, 0.2) is 18.3 Å². The first-order chi connectivity index (χ1) is 9.87. The largest absolute Gasteiger partial charge is 0.384 e. The number of anilines is 1. The van der Waals surface area contributed by atoms with Gasteiger partial charge in [-0.2, -0.15) is 0 Å². The van der Waals surface area contributed by atoms with Crippen molar-refractivity contribution in [2.75, 3.05) is 32.0 Å². The van der Waals surface area contributed by atoms with E-state index < -0.39 is 5.54 Å². The number of aromatic nitrogens is 1. The van der Waals surface area contributed by atoms with Gasteiger partial charge in [-0.05, 0) is 32.9 Å². The zero-order valence-corrected chi connectivity index (χ0v) is 13.0. The molecule has 21 heavy (non-hydrogen) atoms. The van der Waals surface area contributed by atoms with Gasteiger partial charge >= 0.3 is 0 Å². The Labute approximate surface area is 125 Å². The van der Waals surface area contributed by atoms with E-state index in [4.69, 9.17) is 0 Å². The minimum Gasteiger partial charge on any atom is -0.384 e. The number of piperazine rings is 1. The summed E-state index contributed by atoms with van der Waals surface area (Å²) in [5.41, 5.74) is 0.399. The first-order valence-corrected chi connectivity index (χ1v) is 7.15. The molecule has 0 aromatic carbocycles. The van der Waals surface area contributed by atoms with Crippen LogP contribution in [0, 0.1) is 0 Å². The maximum absolute atomic E-state index is 12.6. The molecule has 0 aliphatic carbocycles. The van der Waals surface area contributed by atoms with Gasteiger partial charge in [0.1, 0.15) is 11.2 Å². The Morgan fingerprint density at radius 3 is 2.67 bits per heavy atom. The number of hydrogen-bond acceptors (Lipinski definition) is 4. The van der Waals surface area contributed by atoms with Gasteiger partial charge in [-0.3, -0.25) is 9.59 Å². The molecule has 114 valence electrons. The van der Waals surface area contributed by atoms with E-state index in [0.29, 0.717) is 18.8 Å². The first kappa shape index (κ1) is 15.3. The molecule has 1 aromatic heterocycles. The van der Waals surface area contributed by atoms with E-state index in [1.54, 1.807) is 43.0 Å². The summed E-state index contributed by atoms with van der Waals surface area (Å²) in [4.78, 5) is 32.3. The average Bonchev–Trinajstić information content (AvgIpc) is 2.45. The van der Waals surface area contributed by atoms with Crippen molar-refractivity contribution in [2.45, 2.75) is 26.3 Å². The van der Waals surface area contributed by atoms with Gasteiger partial charge in [0.2, 0.25) is 5.91 Å². The summed E-state index contributed by atoms with van der Waals surface area (Å²) in [6.07, 6.45) is 1.64. The number of nitrogens with one attached hydrogen (secondary N) is 1. The van der Waals surface area contributed by atoms with E-state index in [2.05, 4.69) is 10.3 Å². The van der Waals surface area contributed by atoms with E-state index >= 15 is 0 Å². The predicted molar refractivity (Wildman–Crippen MR) is 81.2 cm³/mol. The zero-order chi connectivity index (χ0) is 15.6. The van der Waals surface area contributed by atoms with Crippen molar-refractivity contribution in [2.24, 2.45) is 0 Å². The molecule has 0 radical (unpaired) electrons. The number of nitrogens with zero attached hydrogens (tertiary/aromatic N) is 3. The summed E-state index contributed by atoms with van der Waals surface area (Å²) in [5.74, 6) is -0.254. The Bertz CT molecular complexity index is 539. The average molecular weight is 290 g/mol. The van der Waals surface area contributed by atoms with Crippen molar-refractivity contribution in [3.63, 3.8) is 0 Å². The molecule has 1 N–H and O–H groups in total. The third-order valence-electron chi connectivity index (χ3n) is 3.81. The molecule has 0 spiro atoms. The number of carbonyl (C=O) groups is 2. The number of pyridine rings is 1. The number of hydrogen-bond donors (Lipinski definition) is 1. The monoisotopic (exact) mass is 290 g/mol. The van der Waals surface area contributed by atoms with Crippen LogP contribution in [0.4, 0.5) is 5.69 Å². The summed E-state index contributed by atoms with van der Waals surface area (Å²) in [6, 6.07) is 3.52.